The number of hydrogen-bond donors (Lipinski definition) is 2. The number of ether oxygens (including phenoxy) is 2. The van der Waals surface area contributed by atoms with Gasteiger partial charge in [-0.3, -0.25) is 4.79 Å². The van der Waals surface area contributed by atoms with Gasteiger partial charge >= 0.3 is 6.09 Å². The molecular formula is C28H30N2O4S. The summed E-state index contributed by atoms with van der Waals surface area (Å²) in [6.07, 6.45) is 1.66. The number of nitrogens with one attached hydrogen (secondary N) is 2. The lowest BCUT2D eigenvalue weighted by molar-refractivity contribution is 0.0522. The third kappa shape index (κ3) is 4.29. The minimum absolute atomic E-state index is 0.0548. The highest BCUT2D eigenvalue weighted by Gasteiger charge is 2.44. The summed E-state index contributed by atoms with van der Waals surface area (Å²) in [5.41, 5.74) is 4.35. The zero-order valence-corrected chi connectivity index (χ0v) is 21.5. The molecule has 35 heavy (non-hydrogen) atoms. The van der Waals surface area contributed by atoms with Crippen molar-refractivity contribution in [2.45, 2.75) is 51.6 Å². The van der Waals surface area contributed by atoms with Crippen LogP contribution in [0.1, 0.15) is 44.7 Å². The molecule has 7 heteroatoms. The Hall–Kier alpha value is -3.32. The van der Waals surface area contributed by atoms with Crippen molar-refractivity contribution in [3.63, 3.8) is 0 Å². The van der Waals surface area contributed by atoms with Crippen LogP contribution in [-0.4, -0.2) is 30.3 Å². The first-order valence-corrected chi connectivity index (χ1v) is 12.7. The van der Waals surface area contributed by atoms with Gasteiger partial charge in [0.05, 0.1) is 12.6 Å². The lowest BCUT2D eigenvalue weighted by atomic mass is 9.91. The Morgan fingerprint density at radius 1 is 1.17 bits per heavy atom. The second kappa shape index (κ2) is 8.41. The molecular weight excluding hydrogens is 460 g/mol. The van der Waals surface area contributed by atoms with E-state index in [0.29, 0.717) is 11.2 Å². The summed E-state index contributed by atoms with van der Waals surface area (Å²) in [5.74, 6) is 0.773. The second-order valence-corrected chi connectivity index (χ2v) is 11.3. The Kier molecular flexibility index (Phi) is 5.63. The first-order chi connectivity index (χ1) is 16.6. The van der Waals surface area contributed by atoms with Gasteiger partial charge in [-0.05, 0) is 74.7 Å². The van der Waals surface area contributed by atoms with Gasteiger partial charge in [-0.1, -0.05) is 24.3 Å². The molecule has 0 atom stereocenters. The largest absolute Gasteiger partial charge is 0.496 e. The number of pyridine rings is 1. The molecule has 6 nitrogen and oxygen atoms in total. The lowest BCUT2D eigenvalue weighted by Crippen LogP contribution is -2.37. The molecule has 2 aromatic heterocycles. The van der Waals surface area contributed by atoms with Crippen molar-refractivity contribution in [2.24, 2.45) is 0 Å². The van der Waals surface area contributed by atoms with Gasteiger partial charge in [-0.25, -0.2) is 4.79 Å². The molecule has 1 aliphatic rings. The molecule has 2 N–H and O–H groups in total. The number of alkyl carbamates (subject to hydrolysis) is 1. The first kappa shape index (κ1) is 23.4. The van der Waals surface area contributed by atoms with E-state index in [4.69, 9.17) is 9.47 Å². The van der Waals surface area contributed by atoms with Gasteiger partial charge in [-0.15, -0.1) is 11.3 Å². The zero-order valence-electron chi connectivity index (χ0n) is 20.7. The van der Waals surface area contributed by atoms with Crippen LogP contribution in [0.2, 0.25) is 0 Å². The van der Waals surface area contributed by atoms with Crippen molar-refractivity contribution >= 4 is 38.4 Å². The van der Waals surface area contributed by atoms with Gasteiger partial charge < -0.3 is 19.8 Å². The van der Waals surface area contributed by atoms with Crippen molar-refractivity contribution in [3.05, 3.63) is 63.3 Å². The molecule has 0 spiro atoms. The van der Waals surface area contributed by atoms with Crippen LogP contribution in [0.3, 0.4) is 0 Å². The van der Waals surface area contributed by atoms with E-state index in [0.717, 1.165) is 51.6 Å². The van der Waals surface area contributed by atoms with Crippen molar-refractivity contribution in [3.8, 4) is 16.9 Å². The molecule has 0 unspecified atom stereocenters. The number of H-pyrrole nitrogens is 1. The zero-order chi connectivity index (χ0) is 25.0. The molecule has 4 aromatic rings. The van der Waals surface area contributed by atoms with E-state index in [1.807, 2.05) is 45.2 Å². The van der Waals surface area contributed by atoms with Crippen molar-refractivity contribution in [1.29, 1.82) is 0 Å². The van der Waals surface area contributed by atoms with E-state index in [1.54, 1.807) is 7.11 Å². The number of thiophene rings is 1. The minimum Gasteiger partial charge on any atom is -0.496 e. The van der Waals surface area contributed by atoms with E-state index >= 15 is 0 Å². The first-order valence-electron chi connectivity index (χ1n) is 11.8. The van der Waals surface area contributed by atoms with Crippen molar-refractivity contribution < 1.29 is 14.3 Å². The van der Waals surface area contributed by atoms with Gasteiger partial charge in [0, 0.05) is 28.3 Å². The highest BCUT2D eigenvalue weighted by Crippen LogP contribution is 2.49. The Bertz CT molecular complexity index is 1490. The van der Waals surface area contributed by atoms with Crippen molar-refractivity contribution in [2.75, 3.05) is 13.7 Å². The lowest BCUT2D eigenvalue weighted by Gasteiger charge is -2.22. The molecule has 0 aliphatic heterocycles. The van der Waals surface area contributed by atoms with Crippen molar-refractivity contribution in [1.82, 2.24) is 10.3 Å². The Morgan fingerprint density at radius 3 is 2.51 bits per heavy atom. The van der Waals surface area contributed by atoms with Crippen LogP contribution in [-0.2, 0) is 10.2 Å². The number of fused-ring (bicyclic) bond motifs is 3. The molecule has 1 aliphatic carbocycles. The molecule has 1 saturated carbocycles. The van der Waals surface area contributed by atoms with E-state index in [1.165, 1.54) is 16.9 Å². The maximum atomic E-state index is 12.6. The van der Waals surface area contributed by atoms with E-state index < -0.39 is 5.60 Å². The van der Waals surface area contributed by atoms with Gasteiger partial charge in [0.1, 0.15) is 16.1 Å². The molecule has 0 bridgehead atoms. The fourth-order valence-corrected chi connectivity index (χ4v) is 5.58. The molecule has 2 heterocycles. The van der Waals surface area contributed by atoms with Crippen LogP contribution in [0, 0.1) is 6.92 Å². The maximum Gasteiger partial charge on any atom is 0.407 e. The molecule has 2 aromatic carbocycles. The summed E-state index contributed by atoms with van der Waals surface area (Å²) >= 11 is 1.45. The molecule has 5 rings (SSSR count). The average molecular weight is 491 g/mol. The molecule has 182 valence electrons. The predicted octanol–water partition coefficient (Wildman–Crippen LogP) is 6.28. The van der Waals surface area contributed by atoms with E-state index in [-0.39, 0.29) is 17.1 Å². The second-order valence-electron chi connectivity index (χ2n) is 10.4. The Morgan fingerprint density at radius 2 is 1.89 bits per heavy atom. The average Bonchev–Trinajstić information content (AvgIpc) is 3.43. The summed E-state index contributed by atoms with van der Waals surface area (Å²) in [4.78, 5) is 27.9. The number of amides is 1. The number of carbonyl (C=O) groups is 1. The van der Waals surface area contributed by atoms with Gasteiger partial charge in [-0.2, -0.15) is 0 Å². The normalized spacial score (nSPS) is 14.8. The van der Waals surface area contributed by atoms with E-state index in [9.17, 15) is 9.59 Å². The monoisotopic (exact) mass is 490 g/mol. The number of carbonyl (C=O) groups excluding carboxylic acids is 1. The standard InChI is InChI=1S/C28H30N2O4S/c1-16-14-20(33-5)21(22-19-10-13-35-24(19)25(31)30-23(16)22)17-6-8-18(9-7-17)28(11-12-28)15-29-26(32)34-27(2,3)4/h6-10,13-14H,11-12,15H2,1-5H3,(H,29,32)(H,30,31). The third-order valence-corrected chi connectivity index (χ3v) is 7.61. The summed E-state index contributed by atoms with van der Waals surface area (Å²) in [6.45, 7) is 8.12. The molecule has 1 fully saturated rings. The summed E-state index contributed by atoms with van der Waals surface area (Å²) in [5, 5.41) is 6.84. The number of rotatable bonds is 5. The van der Waals surface area contributed by atoms with Crippen LogP contribution < -0.4 is 15.6 Å². The summed E-state index contributed by atoms with van der Waals surface area (Å²) in [6, 6.07) is 12.5. The molecule has 0 saturated heterocycles. The third-order valence-electron chi connectivity index (χ3n) is 6.70. The van der Waals surface area contributed by atoms with Gasteiger partial charge in [0.2, 0.25) is 0 Å². The number of aryl methyl sites for hydroxylation is 1. The highest BCUT2D eigenvalue weighted by atomic mass is 32.1. The number of methoxy groups -OCH3 is 1. The van der Waals surface area contributed by atoms with Crippen LogP contribution in [0.5, 0.6) is 5.75 Å². The van der Waals surface area contributed by atoms with Gasteiger partial charge in [0.15, 0.2) is 0 Å². The van der Waals surface area contributed by atoms with Gasteiger partial charge in [0.25, 0.3) is 5.56 Å². The van der Waals surface area contributed by atoms with Crippen LogP contribution >= 0.6 is 11.3 Å². The summed E-state index contributed by atoms with van der Waals surface area (Å²) < 4.78 is 11.9. The topological polar surface area (TPSA) is 80.4 Å². The highest BCUT2D eigenvalue weighted by molar-refractivity contribution is 7.17. The quantitative estimate of drug-likeness (QED) is 0.345. The molecule has 1 amide bonds. The maximum absolute atomic E-state index is 12.6. The SMILES string of the molecule is COc1cc(C)c2[nH]c(=O)c3sccc3c2c1-c1ccc(C2(CNC(=O)OC(C)(C)C)CC2)cc1. The number of hydrogen-bond acceptors (Lipinski definition) is 5. The Balaban J connectivity index is 1.52. The number of benzene rings is 2. The smallest absolute Gasteiger partial charge is 0.407 e. The van der Waals surface area contributed by atoms with Crippen LogP contribution in [0.4, 0.5) is 4.79 Å². The minimum atomic E-state index is -0.517. The fraction of sp³-hybridized carbons (Fsp3) is 0.357. The molecule has 0 radical (unpaired) electrons. The number of aromatic amines is 1. The summed E-state index contributed by atoms with van der Waals surface area (Å²) in [7, 11) is 1.68. The van der Waals surface area contributed by atoms with Crippen LogP contribution in [0.15, 0.2) is 46.6 Å². The number of aromatic nitrogens is 1. The fourth-order valence-electron chi connectivity index (χ4n) is 4.78. The van der Waals surface area contributed by atoms with Crippen LogP contribution in [0.25, 0.3) is 32.1 Å². The Labute approximate surface area is 208 Å². The van der Waals surface area contributed by atoms with E-state index in [2.05, 4.69) is 34.6 Å². The predicted molar refractivity (Wildman–Crippen MR) is 142 cm³/mol.